The minimum Gasteiger partial charge on any atom is -0.370 e. The quantitative estimate of drug-likeness (QED) is 0.423. The summed E-state index contributed by atoms with van der Waals surface area (Å²) in [6, 6.07) is 6.67. The van der Waals surface area contributed by atoms with Crippen molar-refractivity contribution in [3.8, 4) is 11.3 Å². The highest BCUT2D eigenvalue weighted by Gasteiger charge is 2.29. The van der Waals surface area contributed by atoms with Crippen molar-refractivity contribution < 1.29 is 9.13 Å². The number of ether oxygens (including phenoxy) is 1. The van der Waals surface area contributed by atoms with Gasteiger partial charge in [-0.05, 0) is 44.0 Å². The normalized spacial score (nSPS) is 18.4. The zero-order valence-corrected chi connectivity index (χ0v) is 20.2. The van der Waals surface area contributed by atoms with Crippen LogP contribution < -0.4 is 10.5 Å². The molecule has 1 aliphatic heterocycles. The Labute approximate surface area is 205 Å². The Balaban J connectivity index is 1.45. The van der Waals surface area contributed by atoms with Crippen LogP contribution in [0.1, 0.15) is 36.4 Å². The summed E-state index contributed by atoms with van der Waals surface area (Å²) in [5.41, 5.74) is 1.74. The van der Waals surface area contributed by atoms with Crippen LogP contribution in [0.3, 0.4) is 0 Å². The molecule has 1 atom stereocenters. The zero-order valence-electron chi connectivity index (χ0n) is 19.4. The van der Waals surface area contributed by atoms with Crippen molar-refractivity contribution in [2.45, 2.75) is 31.9 Å². The van der Waals surface area contributed by atoms with E-state index in [9.17, 15) is 9.18 Å². The second kappa shape index (κ2) is 8.42. The maximum absolute atomic E-state index is 15.0. The fourth-order valence-corrected chi connectivity index (χ4v) is 4.67. The van der Waals surface area contributed by atoms with E-state index < -0.39 is 5.82 Å². The molecule has 8 nitrogen and oxygen atoms in total. The zero-order chi connectivity index (χ0) is 24.3. The molecule has 0 unspecified atom stereocenters. The van der Waals surface area contributed by atoms with Crippen molar-refractivity contribution >= 4 is 28.3 Å². The van der Waals surface area contributed by atoms with Gasteiger partial charge in [-0.2, -0.15) is 5.10 Å². The molecule has 1 aromatic carbocycles. The maximum atomic E-state index is 15.0. The van der Waals surface area contributed by atoms with Gasteiger partial charge in [-0.1, -0.05) is 11.6 Å². The second-order valence-corrected chi connectivity index (χ2v) is 9.60. The largest absolute Gasteiger partial charge is 0.370 e. The standard InChI is InChI=1S/C25H24ClFN6O2/c1-14-29-24-19(25(34)31(14)2)10-22(30-23(24)18-6-3-16(26)9-20(18)27)32-7-8-35-21(13-32)15-11-28-33(12-15)17-4-5-17/h3,6,9-12,17,21H,4-5,7-8,13H2,1-2H3/t21-/m1/s1. The van der Waals surface area contributed by atoms with Crippen LogP contribution in [0.2, 0.25) is 5.02 Å². The lowest BCUT2D eigenvalue weighted by Crippen LogP contribution is -2.39. The van der Waals surface area contributed by atoms with Crippen LogP contribution in [0.15, 0.2) is 41.5 Å². The molecule has 0 radical (unpaired) electrons. The molecule has 0 N–H and O–H groups in total. The van der Waals surface area contributed by atoms with Gasteiger partial charge in [0.05, 0.1) is 24.2 Å². The molecule has 1 saturated carbocycles. The molecule has 6 rings (SSSR count). The minimum absolute atomic E-state index is 0.177. The molecule has 1 saturated heterocycles. The lowest BCUT2D eigenvalue weighted by molar-refractivity contribution is 0.0395. The number of benzene rings is 1. The number of anilines is 1. The van der Waals surface area contributed by atoms with Gasteiger partial charge in [0.1, 0.15) is 34.8 Å². The third kappa shape index (κ3) is 3.98. The van der Waals surface area contributed by atoms with Crippen molar-refractivity contribution in [1.29, 1.82) is 0 Å². The minimum atomic E-state index is -0.518. The van der Waals surface area contributed by atoms with E-state index in [1.165, 1.54) is 10.6 Å². The molecule has 4 aromatic rings. The summed E-state index contributed by atoms with van der Waals surface area (Å²) in [5, 5.41) is 5.16. The number of morpholine rings is 1. The number of aryl methyl sites for hydroxylation is 1. The average Bonchev–Trinajstić information content (AvgIpc) is 3.59. The van der Waals surface area contributed by atoms with Gasteiger partial charge in [0, 0.05) is 42.5 Å². The van der Waals surface area contributed by atoms with Gasteiger partial charge in [-0.3, -0.25) is 14.0 Å². The summed E-state index contributed by atoms with van der Waals surface area (Å²) in [6.45, 7) is 3.36. The average molecular weight is 495 g/mol. The number of rotatable bonds is 4. The molecular weight excluding hydrogens is 471 g/mol. The van der Waals surface area contributed by atoms with E-state index in [1.807, 2.05) is 10.9 Å². The van der Waals surface area contributed by atoms with Crippen molar-refractivity contribution in [3.05, 3.63) is 69.2 Å². The molecular formula is C25H24ClFN6O2. The predicted molar refractivity (Wildman–Crippen MR) is 131 cm³/mol. The number of hydrogen-bond donors (Lipinski definition) is 0. The summed E-state index contributed by atoms with van der Waals surface area (Å²) in [4.78, 5) is 24.7. The molecule has 1 aliphatic carbocycles. The lowest BCUT2D eigenvalue weighted by atomic mass is 10.1. The van der Waals surface area contributed by atoms with E-state index in [4.69, 9.17) is 21.3 Å². The van der Waals surface area contributed by atoms with Crippen molar-refractivity contribution in [2.24, 2.45) is 7.05 Å². The fraction of sp³-hybridized carbons (Fsp3) is 0.360. The van der Waals surface area contributed by atoms with Gasteiger partial charge in [-0.15, -0.1) is 0 Å². The highest BCUT2D eigenvalue weighted by molar-refractivity contribution is 6.30. The monoisotopic (exact) mass is 494 g/mol. The molecule has 2 aliphatic rings. The molecule has 4 heterocycles. The first-order chi connectivity index (χ1) is 16.9. The number of hydrogen-bond acceptors (Lipinski definition) is 6. The van der Waals surface area contributed by atoms with Crippen LogP contribution in [0.25, 0.3) is 22.2 Å². The van der Waals surface area contributed by atoms with Crippen LogP contribution in [-0.4, -0.2) is 44.0 Å². The first-order valence-corrected chi connectivity index (χ1v) is 12.0. The van der Waals surface area contributed by atoms with Crippen LogP contribution in [0.5, 0.6) is 0 Å². The molecule has 2 fully saturated rings. The highest BCUT2D eigenvalue weighted by Crippen LogP contribution is 2.36. The molecule has 10 heteroatoms. The van der Waals surface area contributed by atoms with Gasteiger partial charge in [0.25, 0.3) is 5.56 Å². The Kier molecular flexibility index (Phi) is 5.34. The lowest BCUT2D eigenvalue weighted by Gasteiger charge is -2.33. The second-order valence-electron chi connectivity index (χ2n) is 9.16. The fourth-order valence-electron chi connectivity index (χ4n) is 4.51. The van der Waals surface area contributed by atoms with Gasteiger partial charge in [-0.25, -0.2) is 14.4 Å². The number of nitrogens with zero attached hydrogens (tertiary/aromatic N) is 6. The smallest absolute Gasteiger partial charge is 0.261 e. The van der Waals surface area contributed by atoms with Crippen LogP contribution in [0.4, 0.5) is 10.2 Å². The third-order valence-electron chi connectivity index (χ3n) is 6.76. The SMILES string of the molecule is Cc1nc2c(-c3ccc(Cl)cc3F)nc(N3CCO[C@@H](c4cnn(C5CC5)c4)C3)cc2c(=O)n1C. The third-order valence-corrected chi connectivity index (χ3v) is 7.00. The first-order valence-electron chi connectivity index (χ1n) is 11.6. The summed E-state index contributed by atoms with van der Waals surface area (Å²) in [7, 11) is 1.68. The van der Waals surface area contributed by atoms with E-state index in [0.29, 0.717) is 54.0 Å². The molecule has 35 heavy (non-hydrogen) atoms. The molecule has 3 aromatic heterocycles. The van der Waals surface area contributed by atoms with E-state index in [1.54, 1.807) is 32.2 Å². The van der Waals surface area contributed by atoms with E-state index in [2.05, 4.69) is 21.2 Å². The molecule has 180 valence electrons. The van der Waals surface area contributed by atoms with Crippen LogP contribution in [0, 0.1) is 12.7 Å². The van der Waals surface area contributed by atoms with Gasteiger partial charge in [0.15, 0.2) is 0 Å². The van der Waals surface area contributed by atoms with Gasteiger partial charge < -0.3 is 9.64 Å². The van der Waals surface area contributed by atoms with Gasteiger partial charge in [0.2, 0.25) is 0 Å². The van der Waals surface area contributed by atoms with E-state index in [0.717, 1.165) is 18.4 Å². The Morgan fingerprint density at radius 1 is 1.20 bits per heavy atom. The Hall–Kier alpha value is -3.30. The molecule has 0 amide bonds. The highest BCUT2D eigenvalue weighted by atomic mass is 35.5. The van der Waals surface area contributed by atoms with E-state index in [-0.39, 0.29) is 22.2 Å². The maximum Gasteiger partial charge on any atom is 0.261 e. The summed E-state index contributed by atoms with van der Waals surface area (Å²) >= 11 is 5.99. The Morgan fingerprint density at radius 3 is 2.80 bits per heavy atom. The molecule has 0 spiro atoms. The Bertz CT molecular complexity index is 1510. The van der Waals surface area contributed by atoms with Crippen LogP contribution >= 0.6 is 11.6 Å². The van der Waals surface area contributed by atoms with Crippen molar-refractivity contribution in [2.75, 3.05) is 24.6 Å². The summed E-state index contributed by atoms with van der Waals surface area (Å²) < 4.78 is 24.5. The Morgan fingerprint density at radius 2 is 2.03 bits per heavy atom. The number of pyridine rings is 1. The van der Waals surface area contributed by atoms with Gasteiger partial charge >= 0.3 is 0 Å². The number of halogens is 2. The molecule has 0 bridgehead atoms. The topological polar surface area (TPSA) is 78.1 Å². The summed E-state index contributed by atoms with van der Waals surface area (Å²) in [5.74, 6) is 0.579. The predicted octanol–water partition coefficient (Wildman–Crippen LogP) is 4.21. The van der Waals surface area contributed by atoms with E-state index >= 15 is 0 Å². The summed E-state index contributed by atoms with van der Waals surface area (Å²) in [6.07, 6.45) is 6.05. The van der Waals surface area contributed by atoms with Crippen molar-refractivity contribution in [3.63, 3.8) is 0 Å². The number of aromatic nitrogens is 5. The van der Waals surface area contributed by atoms with Crippen LogP contribution in [-0.2, 0) is 11.8 Å². The first kappa shape index (κ1) is 22.2. The number of fused-ring (bicyclic) bond motifs is 1. The van der Waals surface area contributed by atoms with Crippen molar-refractivity contribution in [1.82, 2.24) is 24.3 Å².